The van der Waals surface area contributed by atoms with E-state index in [9.17, 15) is 4.79 Å². The van der Waals surface area contributed by atoms with Crippen LogP contribution in [0.25, 0.3) is 0 Å². The molecule has 2 saturated heterocycles. The standard InChI is InChI=1S/C17H30N8O2/c1-14-20-21-15(22(14)3)12-19-17(18-2)25-6-4-23(5-7-25)13-16(26)24-8-10-27-11-9-24/h4-13H2,1-3H3,(H,18,19). The first-order valence-corrected chi connectivity index (χ1v) is 9.47. The zero-order valence-corrected chi connectivity index (χ0v) is 16.5. The van der Waals surface area contributed by atoms with E-state index in [1.807, 2.05) is 23.4 Å². The molecule has 0 spiro atoms. The summed E-state index contributed by atoms with van der Waals surface area (Å²) in [7, 11) is 3.75. The maximum Gasteiger partial charge on any atom is 0.236 e. The predicted molar refractivity (Wildman–Crippen MR) is 101 cm³/mol. The van der Waals surface area contributed by atoms with E-state index in [4.69, 9.17) is 4.74 Å². The lowest BCUT2D eigenvalue weighted by molar-refractivity contribution is -0.136. The van der Waals surface area contributed by atoms with Crippen molar-refractivity contribution in [2.45, 2.75) is 13.5 Å². The molecule has 10 heteroatoms. The molecule has 3 heterocycles. The Morgan fingerprint density at radius 2 is 1.81 bits per heavy atom. The SMILES string of the molecule is CN=C(NCc1nnc(C)n1C)N1CCN(CC(=O)N2CCOCC2)CC1. The van der Waals surface area contributed by atoms with E-state index in [1.54, 1.807) is 7.05 Å². The zero-order chi connectivity index (χ0) is 19.2. The van der Waals surface area contributed by atoms with Gasteiger partial charge < -0.3 is 24.4 Å². The number of nitrogens with zero attached hydrogens (tertiary/aromatic N) is 7. The van der Waals surface area contributed by atoms with Gasteiger partial charge in [-0.15, -0.1) is 10.2 Å². The predicted octanol–water partition coefficient (Wildman–Crippen LogP) is -1.32. The van der Waals surface area contributed by atoms with Crippen LogP contribution < -0.4 is 5.32 Å². The third kappa shape index (κ3) is 4.95. The van der Waals surface area contributed by atoms with E-state index in [0.717, 1.165) is 43.8 Å². The second-order valence-corrected chi connectivity index (χ2v) is 6.88. The van der Waals surface area contributed by atoms with Crippen LogP contribution in [0, 0.1) is 6.92 Å². The molecule has 0 unspecified atom stereocenters. The van der Waals surface area contributed by atoms with Crippen LogP contribution in [0.4, 0.5) is 0 Å². The van der Waals surface area contributed by atoms with Crippen molar-refractivity contribution in [3.05, 3.63) is 11.6 Å². The van der Waals surface area contributed by atoms with Crippen LogP contribution in [0.1, 0.15) is 11.6 Å². The largest absolute Gasteiger partial charge is 0.378 e. The minimum Gasteiger partial charge on any atom is -0.378 e. The molecule has 1 N–H and O–H groups in total. The molecular weight excluding hydrogens is 348 g/mol. The van der Waals surface area contributed by atoms with Crippen LogP contribution in [0.5, 0.6) is 0 Å². The summed E-state index contributed by atoms with van der Waals surface area (Å²) in [6, 6.07) is 0. The fourth-order valence-corrected chi connectivity index (χ4v) is 3.32. The van der Waals surface area contributed by atoms with Gasteiger partial charge in [-0.05, 0) is 6.92 Å². The molecular formula is C17H30N8O2. The van der Waals surface area contributed by atoms with E-state index in [1.165, 1.54) is 0 Å². The number of piperazine rings is 1. The Hall–Kier alpha value is -2.20. The van der Waals surface area contributed by atoms with Crippen LogP contribution in [-0.4, -0.2) is 107 Å². The Morgan fingerprint density at radius 1 is 1.11 bits per heavy atom. The van der Waals surface area contributed by atoms with E-state index < -0.39 is 0 Å². The van der Waals surface area contributed by atoms with Crippen molar-refractivity contribution < 1.29 is 9.53 Å². The third-order valence-electron chi connectivity index (χ3n) is 5.19. The minimum absolute atomic E-state index is 0.201. The lowest BCUT2D eigenvalue weighted by Crippen LogP contribution is -2.54. The molecule has 2 aliphatic heterocycles. The summed E-state index contributed by atoms with van der Waals surface area (Å²) in [5.41, 5.74) is 0. The van der Waals surface area contributed by atoms with Gasteiger partial charge in [-0.2, -0.15) is 0 Å². The quantitative estimate of drug-likeness (QED) is 0.513. The molecule has 2 aliphatic rings. The summed E-state index contributed by atoms with van der Waals surface area (Å²) in [5, 5.41) is 11.6. The number of aryl methyl sites for hydroxylation is 1. The molecule has 0 bridgehead atoms. The fraction of sp³-hybridized carbons (Fsp3) is 0.765. The van der Waals surface area contributed by atoms with E-state index in [0.29, 0.717) is 39.4 Å². The second kappa shape index (κ2) is 9.14. The summed E-state index contributed by atoms with van der Waals surface area (Å²) in [5.74, 6) is 2.82. The molecule has 2 fully saturated rings. The van der Waals surface area contributed by atoms with Gasteiger partial charge >= 0.3 is 0 Å². The topological polar surface area (TPSA) is 91.1 Å². The summed E-state index contributed by atoms with van der Waals surface area (Å²) < 4.78 is 7.28. The number of carbonyl (C=O) groups excluding carboxylic acids is 1. The van der Waals surface area contributed by atoms with Gasteiger partial charge in [0.2, 0.25) is 5.91 Å². The summed E-state index contributed by atoms with van der Waals surface area (Å²) >= 11 is 0. The fourth-order valence-electron chi connectivity index (χ4n) is 3.32. The maximum atomic E-state index is 12.4. The molecule has 1 amide bonds. The first-order valence-electron chi connectivity index (χ1n) is 9.47. The highest BCUT2D eigenvalue weighted by molar-refractivity contribution is 5.80. The number of hydrogen-bond acceptors (Lipinski definition) is 6. The highest BCUT2D eigenvalue weighted by atomic mass is 16.5. The van der Waals surface area contributed by atoms with Crippen molar-refractivity contribution in [2.24, 2.45) is 12.0 Å². The molecule has 10 nitrogen and oxygen atoms in total. The van der Waals surface area contributed by atoms with E-state index in [-0.39, 0.29) is 5.91 Å². The molecule has 0 saturated carbocycles. The Balaban J connectivity index is 1.44. The van der Waals surface area contributed by atoms with E-state index in [2.05, 4.69) is 30.3 Å². The van der Waals surface area contributed by atoms with Gasteiger partial charge in [0.25, 0.3) is 0 Å². The average Bonchev–Trinajstić information content (AvgIpc) is 3.02. The number of hydrogen-bond donors (Lipinski definition) is 1. The van der Waals surface area contributed by atoms with Gasteiger partial charge in [-0.1, -0.05) is 0 Å². The number of aromatic nitrogens is 3. The normalized spacial score (nSPS) is 19.4. The van der Waals surface area contributed by atoms with Gasteiger partial charge in [-0.25, -0.2) is 0 Å². The molecule has 0 aromatic carbocycles. The Labute approximate surface area is 160 Å². The zero-order valence-electron chi connectivity index (χ0n) is 16.5. The van der Waals surface area contributed by atoms with Gasteiger partial charge in [0.1, 0.15) is 5.82 Å². The molecule has 1 aromatic heterocycles. The van der Waals surface area contributed by atoms with E-state index >= 15 is 0 Å². The summed E-state index contributed by atoms with van der Waals surface area (Å²) in [6.07, 6.45) is 0. The molecule has 0 atom stereocenters. The van der Waals surface area contributed by atoms with Crippen molar-refractivity contribution in [3.63, 3.8) is 0 Å². The first-order chi connectivity index (χ1) is 13.1. The van der Waals surface area contributed by atoms with Crippen molar-refractivity contribution in [1.82, 2.24) is 34.8 Å². The first kappa shape index (κ1) is 19.6. The van der Waals surface area contributed by atoms with Crippen molar-refractivity contribution in [1.29, 1.82) is 0 Å². The number of carbonyl (C=O) groups is 1. The van der Waals surface area contributed by atoms with Crippen LogP contribution in [0.15, 0.2) is 4.99 Å². The number of guanidine groups is 1. The third-order valence-corrected chi connectivity index (χ3v) is 5.19. The van der Waals surface area contributed by atoms with Crippen molar-refractivity contribution in [3.8, 4) is 0 Å². The lowest BCUT2D eigenvalue weighted by atomic mass is 10.3. The monoisotopic (exact) mass is 378 g/mol. The van der Waals surface area contributed by atoms with Gasteiger partial charge in [0, 0.05) is 53.4 Å². The molecule has 150 valence electrons. The number of amides is 1. The van der Waals surface area contributed by atoms with Gasteiger partial charge in [0.05, 0.1) is 26.3 Å². The van der Waals surface area contributed by atoms with Crippen LogP contribution in [0.3, 0.4) is 0 Å². The number of morpholine rings is 1. The lowest BCUT2D eigenvalue weighted by Gasteiger charge is -2.37. The number of aliphatic imine (C=N–C) groups is 1. The van der Waals surface area contributed by atoms with Gasteiger partial charge in [-0.3, -0.25) is 14.7 Å². The Kier molecular flexibility index (Phi) is 6.62. The van der Waals surface area contributed by atoms with Crippen molar-refractivity contribution >= 4 is 11.9 Å². The number of rotatable bonds is 4. The number of nitrogens with one attached hydrogen (secondary N) is 1. The second-order valence-electron chi connectivity index (χ2n) is 6.88. The molecule has 0 radical (unpaired) electrons. The molecule has 1 aromatic rings. The molecule has 0 aliphatic carbocycles. The highest BCUT2D eigenvalue weighted by Gasteiger charge is 2.24. The van der Waals surface area contributed by atoms with Crippen LogP contribution in [0.2, 0.25) is 0 Å². The van der Waals surface area contributed by atoms with Crippen molar-refractivity contribution in [2.75, 3.05) is 66.1 Å². The smallest absolute Gasteiger partial charge is 0.236 e. The number of ether oxygens (including phenoxy) is 1. The Bertz CT molecular complexity index is 660. The average molecular weight is 378 g/mol. The Morgan fingerprint density at radius 3 is 2.41 bits per heavy atom. The highest BCUT2D eigenvalue weighted by Crippen LogP contribution is 2.05. The minimum atomic E-state index is 0.201. The maximum absolute atomic E-state index is 12.4. The van der Waals surface area contributed by atoms with Crippen LogP contribution in [-0.2, 0) is 23.1 Å². The molecule has 27 heavy (non-hydrogen) atoms. The molecule has 3 rings (SSSR count). The summed E-state index contributed by atoms with van der Waals surface area (Å²) in [4.78, 5) is 23.1. The van der Waals surface area contributed by atoms with Gasteiger partial charge in [0.15, 0.2) is 11.8 Å². The summed E-state index contributed by atoms with van der Waals surface area (Å²) in [6.45, 7) is 9.08. The van der Waals surface area contributed by atoms with Crippen LogP contribution >= 0.6 is 0 Å².